The number of carbonyl (C=O) groups is 1. The summed E-state index contributed by atoms with van der Waals surface area (Å²) in [4.78, 5) is 15.7. The van der Waals surface area contributed by atoms with Crippen LogP contribution in [0.15, 0.2) is 22.9 Å². The Morgan fingerprint density at radius 2 is 2.25 bits per heavy atom. The molecule has 1 unspecified atom stereocenters. The molecule has 0 radical (unpaired) electrons. The van der Waals surface area contributed by atoms with Crippen LogP contribution in [0.2, 0.25) is 0 Å². The van der Waals surface area contributed by atoms with Gasteiger partial charge in [-0.2, -0.15) is 0 Å². The predicted molar refractivity (Wildman–Crippen MR) is 67.2 cm³/mol. The Balaban J connectivity index is 2.00. The molecule has 1 saturated carbocycles. The van der Waals surface area contributed by atoms with Gasteiger partial charge < -0.3 is 0 Å². The molecule has 1 atom stereocenters. The highest BCUT2D eigenvalue weighted by atomic mass is 79.9. The number of pyridine rings is 1. The van der Waals surface area contributed by atoms with Crippen LogP contribution in [0.4, 0.5) is 0 Å². The molecule has 0 spiro atoms. The van der Waals surface area contributed by atoms with E-state index in [2.05, 4.69) is 27.0 Å². The lowest BCUT2D eigenvalue weighted by atomic mass is 9.93. The first kappa shape index (κ1) is 11.8. The second-order valence-electron chi connectivity index (χ2n) is 4.57. The standard InChI is InChI=1S/C13H16BrNO/c14-12-6-11(8-15-9-12)5-10-3-1-2-4-13(16)7-10/h6,8-10H,1-5,7H2. The zero-order chi connectivity index (χ0) is 11.4. The minimum absolute atomic E-state index is 0.436. The van der Waals surface area contributed by atoms with Gasteiger partial charge in [-0.25, -0.2) is 0 Å². The van der Waals surface area contributed by atoms with Crippen molar-refractivity contribution < 1.29 is 4.79 Å². The maximum Gasteiger partial charge on any atom is 0.133 e. The van der Waals surface area contributed by atoms with Crippen LogP contribution >= 0.6 is 15.9 Å². The van der Waals surface area contributed by atoms with Gasteiger partial charge in [0.15, 0.2) is 0 Å². The minimum atomic E-state index is 0.436. The van der Waals surface area contributed by atoms with Crippen LogP contribution in [0.3, 0.4) is 0 Å². The van der Waals surface area contributed by atoms with E-state index in [-0.39, 0.29) is 0 Å². The molecule has 86 valence electrons. The van der Waals surface area contributed by atoms with Crippen LogP contribution < -0.4 is 0 Å². The van der Waals surface area contributed by atoms with E-state index in [1.54, 1.807) is 6.20 Å². The largest absolute Gasteiger partial charge is 0.300 e. The van der Waals surface area contributed by atoms with Gasteiger partial charge in [-0.3, -0.25) is 9.78 Å². The number of ketones is 1. The molecule has 1 heterocycles. The smallest absolute Gasteiger partial charge is 0.133 e. The lowest BCUT2D eigenvalue weighted by Crippen LogP contribution is -2.08. The molecule has 2 rings (SSSR count). The molecule has 1 aromatic rings. The number of carbonyl (C=O) groups excluding carboxylic acids is 1. The molecule has 1 aliphatic carbocycles. The third-order valence-corrected chi connectivity index (χ3v) is 3.55. The summed E-state index contributed by atoms with van der Waals surface area (Å²) in [6.07, 6.45) is 9.67. The van der Waals surface area contributed by atoms with Crippen molar-refractivity contribution in [2.24, 2.45) is 5.92 Å². The number of halogens is 1. The third-order valence-electron chi connectivity index (χ3n) is 3.12. The van der Waals surface area contributed by atoms with Gasteiger partial charge in [0.1, 0.15) is 5.78 Å². The summed E-state index contributed by atoms with van der Waals surface area (Å²) < 4.78 is 1.02. The Labute approximate surface area is 105 Å². The van der Waals surface area contributed by atoms with Gasteiger partial charge in [-0.1, -0.05) is 6.42 Å². The molecule has 0 saturated heterocycles. The second-order valence-corrected chi connectivity index (χ2v) is 5.49. The van der Waals surface area contributed by atoms with Gasteiger partial charge in [0, 0.05) is 29.7 Å². The highest BCUT2D eigenvalue weighted by Crippen LogP contribution is 2.24. The number of hydrogen-bond donors (Lipinski definition) is 0. The molecule has 16 heavy (non-hydrogen) atoms. The molecule has 1 aliphatic rings. The summed E-state index contributed by atoms with van der Waals surface area (Å²) in [6, 6.07) is 2.10. The fraction of sp³-hybridized carbons (Fsp3) is 0.538. The van der Waals surface area contributed by atoms with E-state index in [0.29, 0.717) is 11.7 Å². The Morgan fingerprint density at radius 1 is 1.38 bits per heavy atom. The average molecular weight is 282 g/mol. The monoisotopic (exact) mass is 281 g/mol. The second kappa shape index (κ2) is 5.58. The molecule has 0 aromatic carbocycles. The first-order valence-corrected chi connectivity index (χ1v) is 6.64. The zero-order valence-corrected chi connectivity index (χ0v) is 10.9. The lowest BCUT2D eigenvalue weighted by Gasteiger charge is -2.12. The first-order chi connectivity index (χ1) is 7.74. The van der Waals surface area contributed by atoms with E-state index >= 15 is 0 Å². The van der Waals surface area contributed by atoms with Gasteiger partial charge in [0.25, 0.3) is 0 Å². The van der Waals surface area contributed by atoms with E-state index in [1.165, 1.54) is 18.4 Å². The summed E-state index contributed by atoms with van der Waals surface area (Å²) in [7, 11) is 0. The zero-order valence-electron chi connectivity index (χ0n) is 9.29. The maximum absolute atomic E-state index is 11.5. The van der Waals surface area contributed by atoms with Crippen molar-refractivity contribution in [3.05, 3.63) is 28.5 Å². The van der Waals surface area contributed by atoms with Crippen molar-refractivity contribution in [2.45, 2.75) is 38.5 Å². The molecular weight excluding hydrogens is 266 g/mol. The van der Waals surface area contributed by atoms with Crippen molar-refractivity contribution in [1.29, 1.82) is 0 Å². The van der Waals surface area contributed by atoms with E-state index in [1.807, 2.05) is 6.20 Å². The molecule has 0 amide bonds. The van der Waals surface area contributed by atoms with E-state index in [4.69, 9.17) is 0 Å². The fourth-order valence-corrected chi connectivity index (χ4v) is 2.77. The summed E-state index contributed by atoms with van der Waals surface area (Å²) in [6.45, 7) is 0. The molecule has 1 aromatic heterocycles. The number of rotatable bonds is 2. The summed E-state index contributed by atoms with van der Waals surface area (Å²) in [5.41, 5.74) is 1.23. The van der Waals surface area contributed by atoms with Crippen molar-refractivity contribution in [1.82, 2.24) is 4.98 Å². The van der Waals surface area contributed by atoms with E-state index in [9.17, 15) is 4.79 Å². The van der Waals surface area contributed by atoms with Gasteiger partial charge in [0.2, 0.25) is 0 Å². The summed E-state index contributed by atoms with van der Waals surface area (Å²) in [5, 5.41) is 0. The normalized spacial score (nSPS) is 21.8. The highest BCUT2D eigenvalue weighted by Gasteiger charge is 2.18. The van der Waals surface area contributed by atoms with Crippen molar-refractivity contribution in [3.8, 4) is 0 Å². The van der Waals surface area contributed by atoms with Crippen LogP contribution in [0.1, 0.15) is 37.7 Å². The molecule has 0 bridgehead atoms. The predicted octanol–water partition coefficient (Wildman–Crippen LogP) is 3.54. The number of Topliss-reactive ketones (excluding diaryl/α,β-unsaturated/α-hetero) is 1. The number of hydrogen-bond acceptors (Lipinski definition) is 2. The van der Waals surface area contributed by atoms with Crippen molar-refractivity contribution >= 4 is 21.7 Å². The molecule has 3 heteroatoms. The van der Waals surface area contributed by atoms with Gasteiger partial charge in [-0.05, 0) is 52.7 Å². The van der Waals surface area contributed by atoms with Gasteiger partial charge in [-0.15, -0.1) is 0 Å². The van der Waals surface area contributed by atoms with Crippen molar-refractivity contribution in [2.75, 3.05) is 0 Å². The summed E-state index contributed by atoms with van der Waals surface area (Å²) in [5.74, 6) is 0.955. The number of nitrogens with zero attached hydrogens (tertiary/aromatic N) is 1. The summed E-state index contributed by atoms with van der Waals surface area (Å²) >= 11 is 3.42. The molecular formula is C13H16BrNO. The maximum atomic E-state index is 11.5. The van der Waals surface area contributed by atoms with E-state index in [0.717, 1.165) is 30.2 Å². The third kappa shape index (κ3) is 3.41. The lowest BCUT2D eigenvalue weighted by molar-refractivity contribution is -0.119. The fourth-order valence-electron chi connectivity index (χ4n) is 2.36. The van der Waals surface area contributed by atoms with Crippen LogP contribution in [-0.2, 0) is 11.2 Å². The SMILES string of the molecule is O=C1CCCCC(Cc2cncc(Br)c2)C1. The van der Waals surface area contributed by atoms with Gasteiger partial charge in [0.05, 0.1) is 0 Å². The van der Waals surface area contributed by atoms with Crippen LogP contribution in [0.25, 0.3) is 0 Å². The minimum Gasteiger partial charge on any atom is -0.300 e. The molecule has 2 nitrogen and oxygen atoms in total. The Kier molecular flexibility index (Phi) is 4.10. The van der Waals surface area contributed by atoms with Crippen molar-refractivity contribution in [3.63, 3.8) is 0 Å². The molecule has 1 fully saturated rings. The topological polar surface area (TPSA) is 30.0 Å². The first-order valence-electron chi connectivity index (χ1n) is 5.85. The average Bonchev–Trinajstić information content (AvgIpc) is 2.43. The Hall–Kier alpha value is -0.700. The van der Waals surface area contributed by atoms with Crippen LogP contribution in [0, 0.1) is 5.92 Å². The van der Waals surface area contributed by atoms with Gasteiger partial charge >= 0.3 is 0 Å². The molecule has 0 aliphatic heterocycles. The Bertz CT molecular complexity index is 378. The highest BCUT2D eigenvalue weighted by molar-refractivity contribution is 9.10. The van der Waals surface area contributed by atoms with E-state index < -0.39 is 0 Å². The van der Waals surface area contributed by atoms with Crippen LogP contribution in [0.5, 0.6) is 0 Å². The quantitative estimate of drug-likeness (QED) is 0.777. The molecule has 0 N–H and O–H groups in total. The number of aromatic nitrogens is 1. The Morgan fingerprint density at radius 3 is 3.06 bits per heavy atom. The van der Waals surface area contributed by atoms with Crippen LogP contribution in [-0.4, -0.2) is 10.8 Å².